The van der Waals surface area contributed by atoms with E-state index in [0.29, 0.717) is 5.92 Å². The van der Waals surface area contributed by atoms with Crippen molar-refractivity contribution in [3.05, 3.63) is 83.1 Å². The maximum Gasteiger partial charge on any atom is 0.0885 e. The van der Waals surface area contributed by atoms with Crippen LogP contribution >= 0.6 is 11.3 Å². The van der Waals surface area contributed by atoms with Gasteiger partial charge in [0.25, 0.3) is 0 Å². The molecule has 5 rings (SSSR count). The van der Waals surface area contributed by atoms with E-state index in [1.807, 2.05) is 17.5 Å². The lowest BCUT2D eigenvalue weighted by Crippen LogP contribution is -2.30. The van der Waals surface area contributed by atoms with E-state index >= 15 is 0 Å². The highest BCUT2D eigenvalue weighted by Gasteiger charge is 2.26. The molecule has 0 radical (unpaired) electrons. The molecule has 128 valence electrons. The summed E-state index contributed by atoms with van der Waals surface area (Å²) in [5, 5.41) is 1.35. The molecule has 0 spiro atoms. The smallest absolute Gasteiger partial charge is 0.0885 e. The largest absolute Gasteiger partial charge is 0.301 e. The molecule has 0 amide bonds. The first-order valence-electron chi connectivity index (χ1n) is 8.84. The Labute approximate surface area is 157 Å². The maximum atomic E-state index is 4.45. The third kappa shape index (κ3) is 2.71. The molecule has 0 aliphatic carbocycles. The molecule has 3 nitrogen and oxygen atoms in total. The Morgan fingerprint density at radius 2 is 2.00 bits per heavy atom. The number of rotatable bonds is 2. The van der Waals surface area contributed by atoms with E-state index in [-0.39, 0.29) is 0 Å². The van der Waals surface area contributed by atoms with Crippen molar-refractivity contribution in [2.45, 2.75) is 12.5 Å². The number of fused-ring (bicyclic) bond motifs is 2. The summed E-state index contributed by atoms with van der Waals surface area (Å²) in [7, 11) is 2.21. The first-order valence-corrected chi connectivity index (χ1v) is 9.66. The summed E-state index contributed by atoms with van der Waals surface area (Å²) in [5.74, 6) is 0.428. The fraction of sp³-hybridized carbons (Fsp3) is 0.182. The van der Waals surface area contributed by atoms with Gasteiger partial charge in [-0.1, -0.05) is 30.3 Å². The Hall–Kier alpha value is -2.56. The molecule has 0 bridgehead atoms. The molecule has 0 saturated carbocycles. The zero-order chi connectivity index (χ0) is 17.5. The summed E-state index contributed by atoms with van der Waals surface area (Å²) in [4.78, 5) is 12.5. The van der Waals surface area contributed by atoms with Crippen LogP contribution in [0.3, 0.4) is 0 Å². The van der Waals surface area contributed by atoms with Crippen LogP contribution < -0.4 is 0 Å². The van der Waals surface area contributed by atoms with Crippen LogP contribution in [0.4, 0.5) is 0 Å². The van der Waals surface area contributed by atoms with Crippen LogP contribution in [0.25, 0.3) is 21.3 Å². The highest BCUT2D eigenvalue weighted by molar-refractivity contribution is 7.19. The normalized spacial score (nSPS) is 17.3. The van der Waals surface area contributed by atoms with Crippen LogP contribution in [-0.2, 0) is 6.54 Å². The Balaban J connectivity index is 1.59. The minimum absolute atomic E-state index is 0.428. The first-order chi connectivity index (χ1) is 12.8. The minimum atomic E-state index is 0.428. The average molecular weight is 357 g/mol. The van der Waals surface area contributed by atoms with Gasteiger partial charge in [-0.3, -0.25) is 9.97 Å². The highest BCUT2D eigenvalue weighted by Crippen LogP contribution is 2.39. The number of aromatic nitrogens is 2. The van der Waals surface area contributed by atoms with E-state index in [1.54, 1.807) is 12.4 Å². The van der Waals surface area contributed by atoms with Crippen molar-refractivity contribution in [3.63, 3.8) is 0 Å². The molecule has 2 aromatic heterocycles. The van der Waals surface area contributed by atoms with E-state index in [1.165, 1.54) is 26.1 Å². The van der Waals surface area contributed by atoms with Crippen molar-refractivity contribution in [1.82, 2.24) is 14.9 Å². The van der Waals surface area contributed by atoms with Gasteiger partial charge in [0, 0.05) is 46.5 Å². The summed E-state index contributed by atoms with van der Waals surface area (Å²) >= 11 is 1.92. The van der Waals surface area contributed by atoms with Crippen LogP contribution in [0.15, 0.2) is 67.1 Å². The molecule has 4 heteroatoms. The molecule has 1 aliphatic rings. The fourth-order valence-corrected chi connectivity index (χ4v) is 5.05. The summed E-state index contributed by atoms with van der Waals surface area (Å²) in [6.07, 6.45) is 5.30. The lowest BCUT2D eigenvalue weighted by atomic mass is 9.87. The Kier molecular flexibility index (Phi) is 3.80. The van der Waals surface area contributed by atoms with Crippen molar-refractivity contribution >= 4 is 21.4 Å². The molecule has 0 N–H and O–H groups in total. The predicted octanol–water partition coefficient (Wildman–Crippen LogP) is 4.94. The van der Waals surface area contributed by atoms with E-state index in [9.17, 15) is 0 Å². The van der Waals surface area contributed by atoms with Crippen molar-refractivity contribution < 1.29 is 0 Å². The summed E-state index contributed by atoms with van der Waals surface area (Å²) < 4.78 is 1.37. The lowest BCUT2D eigenvalue weighted by Gasteiger charge is -2.32. The Morgan fingerprint density at radius 3 is 2.85 bits per heavy atom. The number of benzene rings is 2. The fourth-order valence-electron chi connectivity index (χ4n) is 3.87. The van der Waals surface area contributed by atoms with E-state index in [0.717, 1.165) is 24.3 Å². The third-order valence-corrected chi connectivity index (χ3v) is 6.33. The summed E-state index contributed by atoms with van der Waals surface area (Å²) in [6, 6.07) is 17.8. The van der Waals surface area contributed by atoms with Gasteiger partial charge in [0.15, 0.2) is 0 Å². The van der Waals surface area contributed by atoms with Crippen LogP contribution in [0.1, 0.15) is 21.9 Å². The van der Waals surface area contributed by atoms with Crippen molar-refractivity contribution in [3.8, 4) is 11.3 Å². The molecule has 4 aromatic rings. The van der Waals surface area contributed by atoms with Gasteiger partial charge in [-0.05, 0) is 41.8 Å². The number of hydrogen-bond donors (Lipinski definition) is 0. The van der Waals surface area contributed by atoms with Gasteiger partial charge in [0.05, 0.1) is 11.9 Å². The molecular weight excluding hydrogens is 338 g/mol. The van der Waals surface area contributed by atoms with Gasteiger partial charge in [-0.15, -0.1) is 11.3 Å². The van der Waals surface area contributed by atoms with Crippen LogP contribution in [-0.4, -0.2) is 28.5 Å². The quantitative estimate of drug-likeness (QED) is 0.509. The topological polar surface area (TPSA) is 29.0 Å². The van der Waals surface area contributed by atoms with E-state index in [4.69, 9.17) is 0 Å². The van der Waals surface area contributed by atoms with E-state index < -0.39 is 0 Å². The summed E-state index contributed by atoms with van der Waals surface area (Å²) in [6.45, 7) is 2.04. The van der Waals surface area contributed by atoms with Crippen LogP contribution in [0.5, 0.6) is 0 Å². The molecule has 1 unspecified atom stereocenters. The van der Waals surface area contributed by atoms with Gasteiger partial charge in [0.1, 0.15) is 0 Å². The standard InChI is InChI=1S/C22H19N3S/c1-25-13-17-10-15(20-12-23-8-9-24-20)6-7-18(17)19(14-25)22-11-16-4-2-3-5-21(16)26-22/h2-12,19H,13-14H2,1H3. The zero-order valence-electron chi connectivity index (χ0n) is 14.6. The third-order valence-electron chi connectivity index (χ3n) is 5.10. The van der Waals surface area contributed by atoms with Crippen LogP contribution in [0.2, 0.25) is 0 Å². The minimum Gasteiger partial charge on any atom is -0.301 e. The second kappa shape index (κ2) is 6.31. The van der Waals surface area contributed by atoms with E-state index in [2.05, 4.69) is 70.4 Å². The van der Waals surface area contributed by atoms with Crippen molar-refractivity contribution in [1.29, 1.82) is 0 Å². The van der Waals surface area contributed by atoms with Gasteiger partial charge in [0.2, 0.25) is 0 Å². The molecule has 2 aromatic carbocycles. The highest BCUT2D eigenvalue weighted by atomic mass is 32.1. The maximum absolute atomic E-state index is 4.45. The van der Waals surface area contributed by atoms with Gasteiger partial charge in [-0.2, -0.15) is 0 Å². The van der Waals surface area contributed by atoms with Crippen molar-refractivity contribution in [2.75, 3.05) is 13.6 Å². The molecule has 3 heterocycles. The lowest BCUT2D eigenvalue weighted by molar-refractivity contribution is 0.296. The zero-order valence-corrected chi connectivity index (χ0v) is 15.4. The molecule has 1 aliphatic heterocycles. The molecule has 1 atom stereocenters. The number of likely N-dealkylation sites (N-methyl/N-ethyl adjacent to an activating group) is 1. The Bertz CT molecular complexity index is 1040. The average Bonchev–Trinajstić information content (AvgIpc) is 3.11. The molecule has 0 saturated heterocycles. The van der Waals surface area contributed by atoms with Crippen LogP contribution in [0, 0.1) is 0 Å². The SMILES string of the molecule is CN1Cc2cc(-c3cnccn3)ccc2C(c2cc3ccccc3s2)C1. The van der Waals surface area contributed by atoms with Crippen molar-refractivity contribution in [2.24, 2.45) is 0 Å². The Morgan fingerprint density at radius 1 is 1.08 bits per heavy atom. The second-order valence-electron chi connectivity index (χ2n) is 6.94. The van der Waals surface area contributed by atoms with Gasteiger partial charge in [-0.25, -0.2) is 0 Å². The van der Waals surface area contributed by atoms with Gasteiger partial charge < -0.3 is 4.90 Å². The van der Waals surface area contributed by atoms with Gasteiger partial charge >= 0.3 is 0 Å². The number of hydrogen-bond acceptors (Lipinski definition) is 4. The number of thiophene rings is 1. The summed E-state index contributed by atoms with van der Waals surface area (Å²) in [5.41, 5.74) is 4.91. The predicted molar refractivity (Wildman–Crippen MR) is 107 cm³/mol. The second-order valence-corrected chi connectivity index (χ2v) is 8.06. The molecule has 26 heavy (non-hydrogen) atoms. The first kappa shape index (κ1) is 15.7. The monoisotopic (exact) mass is 357 g/mol. The number of nitrogens with zero attached hydrogens (tertiary/aromatic N) is 3. The molecule has 0 fully saturated rings. The molecular formula is C22H19N3S.